The Bertz CT molecular complexity index is 1670. The first kappa shape index (κ1) is 34.7. The Labute approximate surface area is 280 Å². The third-order valence-corrected chi connectivity index (χ3v) is 9.26. The second kappa shape index (κ2) is 16.4. The standard InChI is InChI=1S/C36H40BrN3O5S/c1-4-27(2)38-36(42)34(23-28-11-7-5-8-12-28)39(24-29-15-17-31(37)18-16-29)35(41)25-40(46(3,43)44)32-19-21-33(22-20-32)45-26-30-13-9-6-10-14-30/h5-22,27,34H,4,23-26H2,1-3H3,(H,38,42)/t27-,34-/m0/s1. The average Bonchev–Trinajstić information content (AvgIpc) is 3.05. The molecule has 4 aromatic carbocycles. The molecule has 0 unspecified atom stereocenters. The first-order chi connectivity index (χ1) is 22.0. The van der Waals surface area contributed by atoms with Crippen LogP contribution in [0.5, 0.6) is 5.75 Å². The van der Waals surface area contributed by atoms with E-state index in [0.29, 0.717) is 18.0 Å². The minimum atomic E-state index is -3.88. The molecule has 46 heavy (non-hydrogen) atoms. The maximum absolute atomic E-state index is 14.3. The minimum Gasteiger partial charge on any atom is -0.489 e. The summed E-state index contributed by atoms with van der Waals surface area (Å²) in [5.74, 6) is -0.235. The van der Waals surface area contributed by atoms with Crippen molar-refractivity contribution >= 4 is 43.5 Å². The summed E-state index contributed by atoms with van der Waals surface area (Å²) in [5, 5.41) is 3.04. The lowest BCUT2D eigenvalue weighted by molar-refractivity contribution is -0.140. The molecule has 8 nitrogen and oxygen atoms in total. The number of nitrogens with zero attached hydrogens (tertiary/aromatic N) is 2. The third-order valence-electron chi connectivity index (χ3n) is 7.59. The van der Waals surface area contributed by atoms with E-state index in [0.717, 1.165) is 38.1 Å². The normalized spacial score (nSPS) is 12.5. The lowest BCUT2D eigenvalue weighted by Crippen LogP contribution is -2.54. The van der Waals surface area contributed by atoms with Gasteiger partial charge in [-0.25, -0.2) is 8.42 Å². The number of amides is 2. The molecule has 4 aromatic rings. The zero-order valence-corrected chi connectivity index (χ0v) is 28.7. The number of carbonyl (C=O) groups is 2. The van der Waals surface area contributed by atoms with Gasteiger partial charge >= 0.3 is 0 Å². The fraction of sp³-hybridized carbons (Fsp3) is 0.278. The SMILES string of the molecule is CC[C@H](C)NC(=O)[C@H](Cc1ccccc1)N(Cc1ccc(Br)cc1)C(=O)CN(c1ccc(OCc2ccccc2)cc1)S(C)(=O)=O. The van der Waals surface area contributed by atoms with Crippen LogP contribution in [0.1, 0.15) is 37.0 Å². The Hall–Kier alpha value is -4.15. The Kier molecular flexibility index (Phi) is 12.4. The van der Waals surface area contributed by atoms with Crippen molar-refractivity contribution in [2.75, 3.05) is 17.1 Å². The maximum atomic E-state index is 14.3. The van der Waals surface area contributed by atoms with Crippen molar-refractivity contribution in [2.45, 2.75) is 51.9 Å². The molecule has 242 valence electrons. The number of halogens is 1. The van der Waals surface area contributed by atoms with Crippen molar-refractivity contribution in [3.05, 3.63) is 130 Å². The lowest BCUT2D eigenvalue weighted by atomic mass is 10.0. The molecular weight excluding hydrogens is 666 g/mol. The van der Waals surface area contributed by atoms with Crippen LogP contribution in [0.15, 0.2) is 114 Å². The number of sulfonamides is 1. The molecule has 4 rings (SSSR count). The van der Waals surface area contributed by atoms with Crippen LogP contribution in [-0.4, -0.2) is 50.0 Å². The van der Waals surface area contributed by atoms with Crippen LogP contribution >= 0.6 is 15.9 Å². The highest BCUT2D eigenvalue weighted by Gasteiger charge is 2.33. The molecule has 0 bridgehead atoms. The van der Waals surface area contributed by atoms with Gasteiger partial charge in [0.25, 0.3) is 0 Å². The summed E-state index contributed by atoms with van der Waals surface area (Å²) < 4.78 is 34.0. The largest absolute Gasteiger partial charge is 0.489 e. The van der Waals surface area contributed by atoms with Gasteiger partial charge in [0.1, 0.15) is 24.9 Å². The van der Waals surface area contributed by atoms with Gasteiger partial charge in [-0.1, -0.05) is 95.7 Å². The van der Waals surface area contributed by atoms with Gasteiger partial charge in [0, 0.05) is 23.5 Å². The van der Waals surface area contributed by atoms with Gasteiger partial charge in [-0.3, -0.25) is 13.9 Å². The molecule has 1 N–H and O–H groups in total. The van der Waals surface area contributed by atoms with E-state index in [1.807, 2.05) is 98.8 Å². The molecule has 0 aliphatic heterocycles. The molecule has 10 heteroatoms. The second-order valence-corrected chi connectivity index (χ2v) is 14.0. The zero-order chi connectivity index (χ0) is 33.1. The fourth-order valence-corrected chi connectivity index (χ4v) is 5.96. The van der Waals surface area contributed by atoms with Gasteiger partial charge in [0.05, 0.1) is 11.9 Å². The van der Waals surface area contributed by atoms with Crippen molar-refractivity contribution in [3.63, 3.8) is 0 Å². The summed E-state index contributed by atoms with van der Waals surface area (Å²) in [6.07, 6.45) is 2.05. The van der Waals surface area contributed by atoms with Crippen LogP contribution in [0.3, 0.4) is 0 Å². The average molecular weight is 707 g/mol. The monoisotopic (exact) mass is 705 g/mol. The lowest BCUT2D eigenvalue weighted by Gasteiger charge is -2.34. The van der Waals surface area contributed by atoms with Crippen molar-refractivity contribution in [1.82, 2.24) is 10.2 Å². The van der Waals surface area contributed by atoms with E-state index >= 15 is 0 Å². The Balaban J connectivity index is 1.64. The topological polar surface area (TPSA) is 96.0 Å². The van der Waals surface area contributed by atoms with Crippen LogP contribution in [0.4, 0.5) is 5.69 Å². The molecule has 0 saturated heterocycles. The van der Waals surface area contributed by atoms with E-state index in [-0.39, 0.29) is 24.9 Å². The van der Waals surface area contributed by atoms with Gasteiger partial charge in [-0.05, 0) is 66.4 Å². The molecule has 0 radical (unpaired) electrons. The summed E-state index contributed by atoms with van der Waals surface area (Å²) in [5.41, 5.74) is 3.00. The van der Waals surface area contributed by atoms with Gasteiger partial charge in [0.15, 0.2) is 0 Å². The molecular formula is C36H40BrN3O5S. The number of anilines is 1. The predicted octanol–water partition coefficient (Wildman–Crippen LogP) is 6.35. The highest BCUT2D eigenvalue weighted by Crippen LogP contribution is 2.24. The number of nitrogens with one attached hydrogen (secondary N) is 1. The molecule has 0 aliphatic rings. The molecule has 0 fully saturated rings. The molecule has 2 amide bonds. The maximum Gasteiger partial charge on any atom is 0.244 e. The quantitative estimate of drug-likeness (QED) is 0.156. The van der Waals surface area contributed by atoms with Crippen molar-refractivity contribution in [2.24, 2.45) is 0 Å². The third kappa shape index (κ3) is 10.2. The van der Waals surface area contributed by atoms with Crippen LogP contribution in [-0.2, 0) is 39.2 Å². The van der Waals surface area contributed by atoms with E-state index in [9.17, 15) is 18.0 Å². The van der Waals surface area contributed by atoms with Crippen molar-refractivity contribution < 1.29 is 22.7 Å². The van der Waals surface area contributed by atoms with Crippen LogP contribution < -0.4 is 14.4 Å². The molecule has 0 saturated carbocycles. The number of carbonyl (C=O) groups excluding carboxylic acids is 2. The van der Waals surface area contributed by atoms with Gasteiger partial charge in [-0.15, -0.1) is 0 Å². The van der Waals surface area contributed by atoms with E-state index in [1.165, 1.54) is 4.90 Å². The highest BCUT2D eigenvalue weighted by atomic mass is 79.9. The van der Waals surface area contributed by atoms with Crippen LogP contribution in [0, 0.1) is 0 Å². The first-order valence-corrected chi connectivity index (χ1v) is 17.8. The molecule has 0 spiro atoms. The summed E-state index contributed by atoms with van der Waals surface area (Å²) in [7, 11) is -3.88. The minimum absolute atomic E-state index is 0.106. The first-order valence-electron chi connectivity index (χ1n) is 15.2. The van der Waals surface area contributed by atoms with Crippen LogP contribution in [0.25, 0.3) is 0 Å². The van der Waals surface area contributed by atoms with Gasteiger partial charge < -0.3 is 15.0 Å². The Morgan fingerprint density at radius 2 is 1.41 bits per heavy atom. The number of ether oxygens (including phenoxy) is 1. The predicted molar refractivity (Wildman–Crippen MR) is 186 cm³/mol. The number of hydrogen-bond acceptors (Lipinski definition) is 5. The van der Waals surface area contributed by atoms with Crippen molar-refractivity contribution in [3.8, 4) is 5.75 Å². The number of benzene rings is 4. The van der Waals surface area contributed by atoms with Gasteiger partial charge in [0.2, 0.25) is 21.8 Å². The van der Waals surface area contributed by atoms with E-state index < -0.39 is 28.5 Å². The Morgan fingerprint density at radius 3 is 1.98 bits per heavy atom. The highest BCUT2D eigenvalue weighted by molar-refractivity contribution is 9.10. The summed E-state index contributed by atoms with van der Waals surface area (Å²) >= 11 is 3.45. The second-order valence-electron chi connectivity index (χ2n) is 11.2. The van der Waals surface area contributed by atoms with E-state index in [1.54, 1.807) is 24.3 Å². The Morgan fingerprint density at radius 1 is 0.826 bits per heavy atom. The smallest absolute Gasteiger partial charge is 0.244 e. The van der Waals surface area contributed by atoms with E-state index in [4.69, 9.17) is 4.74 Å². The van der Waals surface area contributed by atoms with Crippen molar-refractivity contribution in [1.29, 1.82) is 0 Å². The van der Waals surface area contributed by atoms with E-state index in [2.05, 4.69) is 21.2 Å². The summed E-state index contributed by atoms with van der Waals surface area (Å²) in [6, 6.07) is 32.3. The van der Waals surface area contributed by atoms with Gasteiger partial charge in [-0.2, -0.15) is 0 Å². The molecule has 2 atom stereocenters. The molecule has 0 aliphatic carbocycles. The summed E-state index contributed by atoms with van der Waals surface area (Å²) in [4.78, 5) is 29.6. The molecule has 0 aromatic heterocycles. The number of hydrogen-bond donors (Lipinski definition) is 1. The zero-order valence-electron chi connectivity index (χ0n) is 26.3. The number of rotatable bonds is 15. The summed E-state index contributed by atoms with van der Waals surface area (Å²) in [6.45, 7) is 3.88. The molecule has 0 heterocycles. The van der Waals surface area contributed by atoms with Crippen LogP contribution in [0.2, 0.25) is 0 Å². The fourth-order valence-electron chi connectivity index (χ4n) is 4.84.